The first-order valence-electron chi connectivity index (χ1n) is 7.31. The summed E-state index contributed by atoms with van der Waals surface area (Å²) in [4.78, 5) is 4.95. The highest BCUT2D eigenvalue weighted by Crippen LogP contribution is 2.36. The van der Waals surface area contributed by atoms with Crippen molar-refractivity contribution in [2.75, 3.05) is 32.1 Å². The number of aryl methyl sites for hydroxylation is 2. The molecule has 2 rings (SSSR count). The van der Waals surface area contributed by atoms with Crippen molar-refractivity contribution in [2.24, 2.45) is 0 Å². The average molecular weight is 300 g/mol. The molecule has 2 aromatic carbocycles. The Morgan fingerprint density at radius 2 is 1.81 bits per heavy atom. The molecular weight excluding hydrogens is 276 g/mol. The molecule has 0 amide bonds. The average Bonchev–Trinajstić information content (AvgIpc) is 2.48. The number of likely N-dealkylation sites (N-methyl/N-ethyl adjacent to an activating group) is 2. The zero-order valence-electron chi connectivity index (χ0n) is 13.3. The molecule has 0 aliphatic rings. The lowest BCUT2D eigenvalue weighted by Gasteiger charge is -2.22. The van der Waals surface area contributed by atoms with Gasteiger partial charge in [-0.25, -0.2) is 0 Å². The number of nitrogens with zero attached hydrogens (tertiary/aromatic N) is 1. The monoisotopic (exact) mass is 300 g/mol. The topological polar surface area (TPSA) is 15.3 Å². The first-order valence-corrected chi connectivity index (χ1v) is 8.13. The number of hydrogen-bond acceptors (Lipinski definition) is 3. The number of anilines is 1. The molecule has 0 saturated heterocycles. The molecule has 1 N–H and O–H groups in total. The molecule has 0 saturated carbocycles. The zero-order chi connectivity index (χ0) is 15.2. The van der Waals surface area contributed by atoms with Crippen LogP contribution in [0.5, 0.6) is 0 Å². The minimum absolute atomic E-state index is 0.985. The van der Waals surface area contributed by atoms with Gasteiger partial charge in [0.25, 0.3) is 0 Å². The van der Waals surface area contributed by atoms with Crippen molar-refractivity contribution in [3.05, 3.63) is 53.6 Å². The Morgan fingerprint density at radius 1 is 1.05 bits per heavy atom. The molecule has 0 aromatic heterocycles. The highest BCUT2D eigenvalue weighted by Gasteiger charge is 2.09. The molecule has 21 heavy (non-hydrogen) atoms. The van der Waals surface area contributed by atoms with Crippen LogP contribution < -0.4 is 10.2 Å². The van der Waals surface area contributed by atoms with Crippen LogP contribution >= 0.6 is 11.8 Å². The highest BCUT2D eigenvalue weighted by atomic mass is 32.2. The summed E-state index contributed by atoms with van der Waals surface area (Å²) in [6.07, 6.45) is 0. The number of benzene rings is 2. The predicted molar refractivity (Wildman–Crippen MR) is 93.7 cm³/mol. The van der Waals surface area contributed by atoms with Crippen molar-refractivity contribution in [1.82, 2.24) is 5.32 Å². The van der Waals surface area contributed by atoms with Gasteiger partial charge in [0.05, 0.1) is 5.69 Å². The molecule has 2 aromatic rings. The lowest BCUT2D eigenvalue weighted by Crippen LogP contribution is -2.27. The first kappa shape index (κ1) is 15.9. The van der Waals surface area contributed by atoms with Crippen molar-refractivity contribution >= 4 is 17.4 Å². The number of para-hydroxylation sites is 1. The van der Waals surface area contributed by atoms with Crippen LogP contribution in [0.25, 0.3) is 0 Å². The van der Waals surface area contributed by atoms with Gasteiger partial charge in [-0.2, -0.15) is 0 Å². The fourth-order valence-electron chi connectivity index (χ4n) is 2.29. The van der Waals surface area contributed by atoms with Crippen molar-refractivity contribution in [3.63, 3.8) is 0 Å². The van der Waals surface area contributed by atoms with Crippen molar-refractivity contribution in [3.8, 4) is 0 Å². The summed E-state index contributed by atoms with van der Waals surface area (Å²) in [5, 5.41) is 3.20. The van der Waals surface area contributed by atoms with Crippen LogP contribution in [0.15, 0.2) is 52.3 Å². The van der Waals surface area contributed by atoms with E-state index in [2.05, 4.69) is 73.6 Å². The molecule has 0 fully saturated rings. The molecule has 0 aliphatic heterocycles. The molecular formula is C18H24N2S. The Balaban J connectivity index is 2.23. The molecule has 0 atom stereocenters. The third kappa shape index (κ3) is 4.26. The van der Waals surface area contributed by atoms with Crippen molar-refractivity contribution in [1.29, 1.82) is 0 Å². The van der Waals surface area contributed by atoms with Gasteiger partial charge >= 0.3 is 0 Å². The molecule has 3 heteroatoms. The van der Waals surface area contributed by atoms with Gasteiger partial charge in [0, 0.05) is 29.9 Å². The van der Waals surface area contributed by atoms with Crippen LogP contribution in [0.4, 0.5) is 5.69 Å². The maximum Gasteiger partial charge on any atom is 0.0505 e. The van der Waals surface area contributed by atoms with Crippen LogP contribution in [0.2, 0.25) is 0 Å². The van der Waals surface area contributed by atoms with E-state index in [9.17, 15) is 0 Å². The zero-order valence-corrected chi connectivity index (χ0v) is 14.1. The van der Waals surface area contributed by atoms with E-state index in [-0.39, 0.29) is 0 Å². The van der Waals surface area contributed by atoms with Gasteiger partial charge in [0.15, 0.2) is 0 Å². The molecule has 0 heterocycles. The minimum Gasteiger partial charge on any atom is -0.372 e. The van der Waals surface area contributed by atoms with E-state index in [1.807, 2.05) is 18.8 Å². The van der Waals surface area contributed by atoms with Crippen LogP contribution in [0, 0.1) is 13.8 Å². The van der Waals surface area contributed by atoms with Gasteiger partial charge < -0.3 is 10.2 Å². The largest absolute Gasteiger partial charge is 0.372 e. The van der Waals surface area contributed by atoms with E-state index < -0.39 is 0 Å². The summed E-state index contributed by atoms with van der Waals surface area (Å²) >= 11 is 1.85. The van der Waals surface area contributed by atoms with Crippen LogP contribution in [0.1, 0.15) is 11.1 Å². The number of hydrogen-bond donors (Lipinski definition) is 1. The Kier molecular flexibility index (Phi) is 5.71. The lowest BCUT2D eigenvalue weighted by atomic mass is 10.2. The van der Waals surface area contributed by atoms with Gasteiger partial charge in [0.1, 0.15) is 0 Å². The Bertz CT molecular complexity index is 596. The second-order valence-corrected chi connectivity index (χ2v) is 6.45. The van der Waals surface area contributed by atoms with Crippen molar-refractivity contribution in [2.45, 2.75) is 23.6 Å². The number of rotatable bonds is 6. The normalized spacial score (nSPS) is 10.7. The van der Waals surface area contributed by atoms with Gasteiger partial charge in [-0.05, 0) is 44.7 Å². The van der Waals surface area contributed by atoms with E-state index in [1.54, 1.807) is 0 Å². The molecule has 2 nitrogen and oxygen atoms in total. The van der Waals surface area contributed by atoms with Crippen LogP contribution in [0.3, 0.4) is 0 Å². The minimum atomic E-state index is 0.985. The van der Waals surface area contributed by atoms with Gasteiger partial charge in [-0.15, -0.1) is 0 Å². The molecule has 112 valence electrons. The van der Waals surface area contributed by atoms with Gasteiger partial charge in [-0.1, -0.05) is 41.6 Å². The molecule has 0 radical (unpaired) electrons. The van der Waals surface area contributed by atoms with Gasteiger partial charge in [-0.3, -0.25) is 0 Å². The third-order valence-corrected chi connectivity index (χ3v) is 4.77. The summed E-state index contributed by atoms with van der Waals surface area (Å²) in [6.45, 7) is 6.31. The lowest BCUT2D eigenvalue weighted by molar-refractivity contribution is 0.764. The van der Waals surface area contributed by atoms with E-state index in [0.29, 0.717) is 0 Å². The number of nitrogens with one attached hydrogen (secondary N) is 1. The predicted octanol–water partition coefficient (Wildman–Crippen LogP) is 4.11. The molecule has 0 unspecified atom stereocenters. The molecule has 0 bridgehead atoms. The van der Waals surface area contributed by atoms with E-state index in [1.165, 1.54) is 26.6 Å². The van der Waals surface area contributed by atoms with Crippen molar-refractivity contribution < 1.29 is 0 Å². The summed E-state index contributed by atoms with van der Waals surface area (Å²) in [5.74, 6) is 0. The highest BCUT2D eigenvalue weighted by molar-refractivity contribution is 7.99. The molecule has 0 spiro atoms. The van der Waals surface area contributed by atoms with Crippen LogP contribution in [-0.4, -0.2) is 27.2 Å². The van der Waals surface area contributed by atoms with Crippen LogP contribution in [-0.2, 0) is 0 Å². The maximum absolute atomic E-state index is 3.20. The maximum atomic E-state index is 3.20. The second kappa shape index (κ2) is 7.53. The summed E-state index contributed by atoms with van der Waals surface area (Å²) in [7, 11) is 4.14. The molecule has 0 aliphatic carbocycles. The second-order valence-electron chi connectivity index (χ2n) is 5.36. The van der Waals surface area contributed by atoms with E-state index >= 15 is 0 Å². The quantitative estimate of drug-likeness (QED) is 0.864. The van der Waals surface area contributed by atoms with E-state index in [4.69, 9.17) is 0 Å². The Labute approximate surface area is 132 Å². The fraction of sp³-hybridized carbons (Fsp3) is 0.333. The SMILES string of the molecule is CNCCN(C)c1ccccc1Sc1ccc(C)cc1C. The standard InChI is InChI=1S/C18H24N2S/c1-14-9-10-17(15(2)13-14)21-18-8-6-5-7-16(18)20(4)12-11-19-3/h5-10,13,19H,11-12H2,1-4H3. The Morgan fingerprint density at radius 3 is 2.52 bits per heavy atom. The van der Waals surface area contributed by atoms with Gasteiger partial charge in [0.2, 0.25) is 0 Å². The Hall–Kier alpha value is -1.45. The summed E-state index contributed by atoms with van der Waals surface area (Å²) in [6, 6.07) is 15.3. The smallest absolute Gasteiger partial charge is 0.0505 e. The first-order chi connectivity index (χ1) is 10.1. The third-order valence-electron chi connectivity index (χ3n) is 3.52. The summed E-state index contributed by atoms with van der Waals surface area (Å²) in [5.41, 5.74) is 3.95. The summed E-state index contributed by atoms with van der Waals surface area (Å²) < 4.78 is 0. The van der Waals surface area contributed by atoms with E-state index in [0.717, 1.165) is 13.1 Å². The fourth-order valence-corrected chi connectivity index (χ4v) is 3.36.